The van der Waals surface area contributed by atoms with E-state index in [2.05, 4.69) is 28.5 Å². The second-order valence-corrected chi connectivity index (χ2v) is 9.58. The van der Waals surface area contributed by atoms with Crippen molar-refractivity contribution in [2.24, 2.45) is 0 Å². The summed E-state index contributed by atoms with van der Waals surface area (Å²) in [6.07, 6.45) is 1.62. The van der Waals surface area contributed by atoms with Gasteiger partial charge in [-0.1, -0.05) is 26.0 Å². The molecule has 0 aliphatic carbocycles. The molecule has 31 heavy (non-hydrogen) atoms. The molecule has 2 aromatic carbocycles. The zero-order valence-electron chi connectivity index (χ0n) is 16.7. The predicted molar refractivity (Wildman–Crippen MR) is 124 cm³/mol. The van der Waals surface area contributed by atoms with E-state index < -0.39 is 11.0 Å². The molecule has 0 bridgehead atoms. The number of nitrogens with zero attached hydrogens (tertiary/aromatic N) is 3. The third-order valence-corrected chi connectivity index (χ3v) is 7.05. The third kappa shape index (κ3) is 4.98. The van der Waals surface area contributed by atoms with Crippen LogP contribution in [0.5, 0.6) is 0 Å². The number of aromatic nitrogens is 3. The van der Waals surface area contributed by atoms with E-state index in [1.165, 1.54) is 24.3 Å². The molecule has 4 rings (SSSR count). The third-order valence-electron chi connectivity index (χ3n) is 4.37. The van der Waals surface area contributed by atoms with E-state index >= 15 is 0 Å². The van der Waals surface area contributed by atoms with Gasteiger partial charge in [-0.25, -0.2) is 23.6 Å². The molecule has 1 unspecified atom stereocenters. The van der Waals surface area contributed by atoms with Crippen molar-refractivity contribution in [3.05, 3.63) is 76.9 Å². The van der Waals surface area contributed by atoms with Crippen LogP contribution in [0.3, 0.4) is 0 Å². The molecule has 0 fully saturated rings. The lowest BCUT2D eigenvalue weighted by atomic mass is 10.1. The Labute approximate surface area is 191 Å². The van der Waals surface area contributed by atoms with E-state index in [4.69, 9.17) is 16.6 Å². The summed E-state index contributed by atoms with van der Waals surface area (Å²) in [7, 11) is -1.53. The van der Waals surface area contributed by atoms with Crippen LogP contribution in [0, 0.1) is 5.82 Å². The van der Waals surface area contributed by atoms with Gasteiger partial charge < -0.3 is 4.72 Å². The largest absolute Gasteiger partial charge is 0.301 e. The maximum atomic E-state index is 13.1. The minimum absolute atomic E-state index is 0.174. The first kappa shape index (κ1) is 21.5. The smallest absolute Gasteiger partial charge is 0.222 e. The highest BCUT2D eigenvalue weighted by atomic mass is 35.5. The van der Waals surface area contributed by atoms with Gasteiger partial charge in [-0.05, 0) is 54.1 Å². The maximum Gasteiger partial charge on any atom is 0.222 e. The van der Waals surface area contributed by atoms with Gasteiger partial charge in [-0.2, -0.15) is 0 Å². The number of nitrogens with one attached hydrogen (secondary N) is 1. The zero-order valence-corrected chi connectivity index (χ0v) is 19.1. The van der Waals surface area contributed by atoms with E-state index in [1.807, 2.05) is 24.3 Å². The highest BCUT2D eigenvalue weighted by Gasteiger charge is 2.18. The molecule has 1 atom stereocenters. The van der Waals surface area contributed by atoms with Crippen LogP contribution in [0.2, 0.25) is 5.28 Å². The van der Waals surface area contributed by atoms with Gasteiger partial charge in [0.25, 0.3) is 0 Å². The van der Waals surface area contributed by atoms with Crippen LogP contribution in [-0.4, -0.2) is 19.2 Å². The molecule has 2 aromatic heterocycles. The number of thiazole rings is 1. The van der Waals surface area contributed by atoms with Gasteiger partial charge >= 0.3 is 0 Å². The van der Waals surface area contributed by atoms with Gasteiger partial charge in [0.15, 0.2) is 0 Å². The van der Waals surface area contributed by atoms with Crippen LogP contribution >= 0.6 is 22.9 Å². The first-order chi connectivity index (χ1) is 14.9. The minimum Gasteiger partial charge on any atom is -0.301 e. The summed E-state index contributed by atoms with van der Waals surface area (Å²) in [6.45, 7) is 4.17. The van der Waals surface area contributed by atoms with Crippen molar-refractivity contribution in [2.45, 2.75) is 24.7 Å². The minimum atomic E-state index is -1.53. The molecule has 0 aliphatic rings. The fourth-order valence-electron chi connectivity index (χ4n) is 2.87. The maximum absolute atomic E-state index is 13.1. The SMILES string of the molecule is CC(C)c1nc(-c2cccc(NS(=O)c3ccc(F)cc3)c2)c(-c2ccnc(Cl)n2)s1. The second-order valence-electron chi connectivity index (χ2n) is 7.00. The Hall–Kier alpha value is -2.68. The molecule has 0 amide bonds. The molecule has 1 N–H and O–H groups in total. The summed E-state index contributed by atoms with van der Waals surface area (Å²) in [5.41, 5.74) is 2.99. The topological polar surface area (TPSA) is 67.8 Å². The Balaban J connectivity index is 1.70. The highest BCUT2D eigenvalue weighted by Crippen LogP contribution is 2.39. The van der Waals surface area contributed by atoms with Gasteiger partial charge in [0.05, 0.1) is 26.2 Å². The van der Waals surface area contributed by atoms with Crippen molar-refractivity contribution < 1.29 is 8.60 Å². The highest BCUT2D eigenvalue weighted by molar-refractivity contribution is 7.86. The number of hydrogen-bond donors (Lipinski definition) is 1. The fraction of sp³-hybridized carbons (Fsp3) is 0.136. The summed E-state index contributed by atoms with van der Waals surface area (Å²) in [5, 5.41) is 1.15. The van der Waals surface area contributed by atoms with Crippen LogP contribution in [0.15, 0.2) is 65.7 Å². The lowest BCUT2D eigenvalue weighted by Crippen LogP contribution is -2.04. The summed E-state index contributed by atoms with van der Waals surface area (Å²) in [5.74, 6) is -0.119. The molecular weight excluding hydrogens is 455 g/mol. The quantitative estimate of drug-likeness (QED) is 0.333. The van der Waals surface area contributed by atoms with Crippen molar-refractivity contribution in [3.63, 3.8) is 0 Å². The van der Waals surface area contributed by atoms with Crippen molar-refractivity contribution in [3.8, 4) is 21.8 Å². The Morgan fingerprint density at radius 1 is 1.10 bits per heavy atom. The number of anilines is 1. The molecule has 0 radical (unpaired) electrons. The van der Waals surface area contributed by atoms with E-state index in [1.54, 1.807) is 23.6 Å². The number of rotatable bonds is 6. The molecule has 158 valence electrons. The van der Waals surface area contributed by atoms with E-state index in [0.29, 0.717) is 16.3 Å². The van der Waals surface area contributed by atoms with Crippen LogP contribution in [0.4, 0.5) is 10.1 Å². The summed E-state index contributed by atoms with van der Waals surface area (Å²) < 4.78 is 28.7. The molecule has 0 spiro atoms. The molecular formula is C22H18ClFN4OS2. The summed E-state index contributed by atoms with van der Waals surface area (Å²) in [4.78, 5) is 14.5. The first-order valence-corrected chi connectivity index (χ1v) is 11.8. The Morgan fingerprint density at radius 2 is 1.87 bits per heavy atom. The van der Waals surface area contributed by atoms with Crippen LogP contribution < -0.4 is 4.72 Å². The van der Waals surface area contributed by atoms with Gasteiger partial charge in [-0.15, -0.1) is 11.3 Å². The van der Waals surface area contributed by atoms with Crippen molar-refractivity contribution in [1.29, 1.82) is 0 Å². The first-order valence-electron chi connectivity index (χ1n) is 9.45. The van der Waals surface area contributed by atoms with Crippen LogP contribution in [-0.2, 0) is 11.0 Å². The van der Waals surface area contributed by atoms with Crippen molar-refractivity contribution in [1.82, 2.24) is 15.0 Å². The van der Waals surface area contributed by atoms with Gasteiger partial charge in [0, 0.05) is 23.4 Å². The second kappa shape index (κ2) is 9.21. The van der Waals surface area contributed by atoms with Crippen molar-refractivity contribution >= 4 is 39.6 Å². The molecule has 0 saturated carbocycles. The monoisotopic (exact) mass is 472 g/mol. The average molecular weight is 473 g/mol. The molecule has 0 saturated heterocycles. The van der Waals surface area contributed by atoms with Gasteiger partial charge in [0.2, 0.25) is 5.28 Å². The van der Waals surface area contributed by atoms with Gasteiger partial charge in [0.1, 0.15) is 16.8 Å². The zero-order chi connectivity index (χ0) is 22.0. The average Bonchev–Trinajstić information content (AvgIpc) is 3.20. The Morgan fingerprint density at radius 3 is 2.58 bits per heavy atom. The molecule has 4 aromatic rings. The van der Waals surface area contributed by atoms with Gasteiger partial charge in [-0.3, -0.25) is 0 Å². The normalized spacial score (nSPS) is 12.2. The number of hydrogen-bond acceptors (Lipinski definition) is 5. The standard InChI is InChI=1S/C22H18ClFN4OS2/c1-13(2)21-27-19(20(30-21)18-10-11-25-22(23)26-18)14-4-3-5-16(12-14)28-31(29)17-8-6-15(24)7-9-17/h3-13,28H,1-2H3. The number of halogens is 2. The summed E-state index contributed by atoms with van der Waals surface area (Å²) in [6, 6.07) is 14.9. The molecule has 5 nitrogen and oxygen atoms in total. The lowest BCUT2D eigenvalue weighted by molar-refractivity contribution is 0.626. The predicted octanol–water partition coefficient (Wildman–Crippen LogP) is 6.32. The number of benzene rings is 2. The molecule has 0 aliphatic heterocycles. The van der Waals surface area contributed by atoms with Crippen LogP contribution in [0.25, 0.3) is 21.8 Å². The van der Waals surface area contributed by atoms with Crippen molar-refractivity contribution in [2.75, 3.05) is 4.72 Å². The Bertz CT molecular complexity index is 1240. The summed E-state index contributed by atoms with van der Waals surface area (Å²) >= 11 is 7.57. The lowest BCUT2D eigenvalue weighted by Gasteiger charge is -2.08. The van der Waals surface area contributed by atoms with E-state index in [-0.39, 0.29) is 17.0 Å². The molecule has 2 heterocycles. The fourth-order valence-corrected chi connectivity index (χ4v) is 4.92. The Kier molecular flexibility index (Phi) is 6.41. The molecule has 9 heteroatoms. The van der Waals surface area contributed by atoms with Crippen LogP contribution in [0.1, 0.15) is 24.8 Å². The van der Waals surface area contributed by atoms with E-state index in [9.17, 15) is 8.60 Å². The van der Waals surface area contributed by atoms with E-state index in [0.717, 1.165) is 21.1 Å².